The molecule has 1 aliphatic carbocycles. The SMILES string of the molecule is c1ccc(-c2nc(-c3ccccc3)nc(-c3cccc4c(-c5cccc6c5oc5c7c(ccc56)-c5cccc6cccc-7c56)cccc34)n2)cc1. The number of hydrogen-bond donors (Lipinski definition) is 0. The Labute approximate surface area is 293 Å². The topological polar surface area (TPSA) is 51.8 Å². The van der Waals surface area contributed by atoms with Crippen LogP contribution in [0, 0.1) is 0 Å². The van der Waals surface area contributed by atoms with Crippen LogP contribution in [0.3, 0.4) is 0 Å². The zero-order chi connectivity index (χ0) is 33.5. The van der Waals surface area contributed by atoms with Crippen LogP contribution in [0.25, 0.3) is 111 Å². The lowest BCUT2D eigenvalue weighted by atomic mass is 9.94. The number of rotatable bonds is 4. The number of aromatic nitrogens is 3. The van der Waals surface area contributed by atoms with E-state index < -0.39 is 0 Å². The predicted molar refractivity (Wildman–Crippen MR) is 208 cm³/mol. The van der Waals surface area contributed by atoms with Gasteiger partial charge in [-0.2, -0.15) is 0 Å². The van der Waals surface area contributed by atoms with Crippen LogP contribution in [0.4, 0.5) is 0 Å². The van der Waals surface area contributed by atoms with Crippen molar-refractivity contribution in [3.05, 3.63) is 164 Å². The predicted octanol–water partition coefficient (Wildman–Crippen LogP) is 12.4. The number of para-hydroxylation sites is 1. The molecule has 0 atom stereocenters. The standard InChI is InChI=1S/C47H27N3O/c1-3-12-29(13-4-1)45-48-46(30-14-5-2-6-15-30)50-47(49-45)39-24-10-18-31-32(19-9-20-33(31)39)36-22-11-23-37-38-27-26-35-34-21-7-16-28-17-8-25-40(41(28)34)42(35)44(38)51-43(36)37/h1-27H. The van der Waals surface area contributed by atoms with Crippen molar-refractivity contribution in [2.24, 2.45) is 0 Å². The minimum absolute atomic E-state index is 0.636. The molecule has 11 rings (SSSR count). The zero-order valence-corrected chi connectivity index (χ0v) is 27.3. The lowest BCUT2D eigenvalue weighted by Crippen LogP contribution is -2.00. The molecule has 0 saturated carbocycles. The summed E-state index contributed by atoms with van der Waals surface area (Å²) in [6.07, 6.45) is 0. The summed E-state index contributed by atoms with van der Waals surface area (Å²) in [7, 11) is 0. The van der Waals surface area contributed by atoms with Gasteiger partial charge in [-0.3, -0.25) is 0 Å². The molecule has 0 bridgehead atoms. The Kier molecular flexibility index (Phi) is 5.92. The molecule has 0 fully saturated rings. The van der Waals surface area contributed by atoms with Crippen LogP contribution in [-0.2, 0) is 0 Å². The fourth-order valence-corrected chi connectivity index (χ4v) is 8.01. The Hall–Kier alpha value is -6.91. The summed E-state index contributed by atoms with van der Waals surface area (Å²) in [5.74, 6) is 1.92. The van der Waals surface area contributed by atoms with Crippen molar-refractivity contribution < 1.29 is 4.42 Å². The number of benzene rings is 8. The Morgan fingerprint density at radius 3 is 1.55 bits per heavy atom. The maximum absolute atomic E-state index is 7.00. The van der Waals surface area contributed by atoms with Gasteiger partial charge in [-0.25, -0.2) is 15.0 Å². The molecule has 2 heterocycles. The Morgan fingerprint density at radius 2 is 0.843 bits per heavy atom. The molecule has 0 saturated heterocycles. The van der Waals surface area contributed by atoms with Crippen LogP contribution < -0.4 is 0 Å². The number of furan rings is 1. The van der Waals surface area contributed by atoms with E-state index in [9.17, 15) is 0 Å². The summed E-state index contributed by atoms with van der Waals surface area (Å²) in [5, 5.41) is 6.96. The van der Waals surface area contributed by atoms with Crippen LogP contribution in [-0.4, -0.2) is 15.0 Å². The Bertz CT molecular complexity index is 2960. The van der Waals surface area contributed by atoms with Crippen molar-refractivity contribution in [3.8, 4) is 67.5 Å². The van der Waals surface area contributed by atoms with Gasteiger partial charge in [0.15, 0.2) is 17.5 Å². The van der Waals surface area contributed by atoms with Crippen molar-refractivity contribution in [1.29, 1.82) is 0 Å². The van der Waals surface area contributed by atoms with Gasteiger partial charge in [0.25, 0.3) is 0 Å². The maximum Gasteiger partial charge on any atom is 0.164 e. The van der Waals surface area contributed by atoms with Gasteiger partial charge in [-0.15, -0.1) is 0 Å². The number of nitrogens with zero attached hydrogens (tertiary/aromatic N) is 3. The first kappa shape index (κ1) is 28.0. The van der Waals surface area contributed by atoms with Crippen molar-refractivity contribution in [2.45, 2.75) is 0 Å². The third-order valence-corrected chi connectivity index (χ3v) is 10.3. The monoisotopic (exact) mass is 649 g/mol. The fourth-order valence-electron chi connectivity index (χ4n) is 8.01. The summed E-state index contributed by atoms with van der Waals surface area (Å²) in [4.78, 5) is 15.0. The van der Waals surface area contributed by atoms with Gasteiger partial charge in [0.2, 0.25) is 0 Å². The Balaban J connectivity index is 1.12. The van der Waals surface area contributed by atoms with Gasteiger partial charge in [0, 0.05) is 38.6 Å². The van der Waals surface area contributed by atoms with E-state index in [1.165, 1.54) is 33.0 Å². The van der Waals surface area contributed by atoms with Gasteiger partial charge < -0.3 is 4.42 Å². The quantitative estimate of drug-likeness (QED) is 0.190. The van der Waals surface area contributed by atoms with Gasteiger partial charge in [0.05, 0.1) is 0 Å². The van der Waals surface area contributed by atoms with Gasteiger partial charge >= 0.3 is 0 Å². The molecule has 236 valence electrons. The molecule has 1 aliphatic rings. The maximum atomic E-state index is 7.00. The molecule has 0 spiro atoms. The summed E-state index contributed by atoms with van der Waals surface area (Å²) in [6, 6.07) is 57.2. The average molecular weight is 650 g/mol. The smallest absolute Gasteiger partial charge is 0.164 e. The highest BCUT2D eigenvalue weighted by atomic mass is 16.3. The molecule has 4 heteroatoms. The van der Waals surface area contributed by atoms with E-state index in [1.54, 1.807) is 0 Å². The molecular formula is C47H27N3O. The van der Waals surface area contributed by atoms with Gasteiger partial charge in [-0.1, -0.05) is 158 Å². The lowest BCUT2D eigenvalue weighted by Gasteiger charge is -2.12. The van der Waals surface area contributed by atoms with Crippen molar-refractivity contribution in [1.82, 2.24) is 15.0 Å². The van der Waals surface area contributed by atoms with E-state index in [0.717, 1.165) is 60.5 Å². The highest BCUT2D eigenvalue weighted by Crippen LogP contribution is 2.52. The van der Waals surface area contributed by atoms with Crippen molar-refractivity contribution in [2.75, 3.05) is 0 Å². The van der Waals surface area contributed by atoms with E-state index in [0.29, 0.717) is 17.5 Å². The summed E-state index contributed by atoms with van der Waals surface area (Å²) in [5.41, 5.74) is 11.7. The van der Waals surface area contributed by atoms with E-state index in [4.69, 9.17) is 19.4 Å². The summed E-state index contributed by atoms with van der Waals surface area (Å²) < 4.78 is 7.00. The molecule has 0 N–H and O–H groups in total. The van der Waals surface area contributed by atoms with E-state index in [1.807, 2.05) is 60.7 Å². The minimum Gasteiger partial charge on any atom is -0.455 e. The molecule has 8 aromatic carbocycles. The molecular weight excluding hydrogens is 623 g/mol. The fraction of sp³-hybridized carbons (Fsp3) is 0. The van der Waals surface area contributed by atoms with Gasteiger partial charge in [0.1, 0.15) is 11.2 Å². The number of hydrogen-bond acceptors (Lipinski definition) is 4. The van der Waals surface area contributed by atoms with Crippen molar-refractivity contribution >= 4 is 43.5 Å². The van der Waals surface area contributed by atoms with Crippen molar-refractivity contribution in [3.63, 3.8) is 0 Å². The molecule has 10 aromatic rings. The first-order valence-electron chi connectivity index (χ1n) is 17.2. The highest BCUT2D eigenvalue weighted by molar-refractivity contribution is 6.24. The van der Waals surface area contributed by atoms with Crippen LogP contribution in [0.2, 0.25) is 0 Å². The van der Waals surface area contributed by atoms with Crippen LogP contribution in [0.5, 0.6) is 0 Å². The van der Waals surface area contributed by atoms with Crippen LogP contribution in [0.1, 0.15) is 0 Å². The first-order valence-corrected chi connectivity index (χ1v) is 17.2. The molecule has 0 radical (unpaired) electrons. The Morgan fingerprint density at radius 1 is 0.314 bits per heavy atom. The van der Waals surface area contributed by atoms with E-state index >= 15 is 0 Å². The van der Waals surface area contributed by atoms with Crippen LogP contribution >= 0.6 is 0 Å². The normalized spacial score (nSPS) is 11.9. The number of fused-ring (bicyclic) bond motifs is 8. The second-order valence-electron chi connectivity index (χ2n) is 13.1. The molecule has 0 amide bonds. The molecule has 2 aromatic heterocycles. The van der Waals surface area contributed by atoms with E-state index in [2.05, 4.69) is 103 Å². The zero-order valence-electron chi connectivity index (χ0n) is 27.3. The summed E-state index contributed by atoms with van der Waals surface area (Å²) in [6.45, 7) is 0. The molecule has 51 heavy (non-hydrogen) atoms. The van der Waals surface area contributed by atoms with Gasteiger partial charge in [-0.05, 0) is 49.9 Å². The minimum atomic E-state index is 0.636. The summed E-state index contributed by atoms with van der Waals surface area (Å²) >= 11 is 0. The second-order valence-corrected chi connectivity index (χ2v) is 13.1. The average Bonchev–Trinajstić information content (AvgIpc) is 3.75. The third kappa shape index (κ3) is 4.17. The molecule has 0 unspecified atom stereocenters. The highest BCUT2D eigenvalue weighted by Gasteiger charge is 2.26. The third-order valence-electron chi connectivity index (χ3n) is 10.3. The van der Waals surface area contributed by atoms with E-state index in [-0.39, 0.29) is 0 Å². The largest absolute Gasteiger partial charge is 0.455 e. The lowest BCUT2D eigenvalue weighted by molar-refractivity contribution is 0.671. The second kappa shape index (κ2) is 10.8. The van der Waals surface area contributed by atoms with Crippen LogP contribution in [0.15, 0.2) is 168 Å². The first-order chi connectivity index (χ1) is 25.3. The molecule has 0 aliphatic heterocycles. The molecule has 4 nitrogen and oxygen atoms in total.